The topological polar surface area (TPSA) is 72.6 Å². The van der Waals surface area contributed by atoms with Crippen LogP contribution in [0, 0.1) is 0 Å². The van der Waals surface area contributed by atoms with Gasteiger partial charge >= 0.3 is 5.97 Å². The van der Waals surface area contributed by atoms with Crippen molar-refractivity contribution in [2.75, 3.05) is 7.11 Å². The largest absolute Gasteiger partial charge is 0.475 e. The zero-order valence-electron chi connectivity index (χ0n) is 9.81. The van der Waals surface area contributed by atoms with Crippen molar-refractivity contribution in [1.29, 1.82) is 0 Å². The van der Waals surface area contributed by atoms with E-state index in [1.165, 1.54) is 7.11 Å². The van der Waals surface area contributed by atoms with Crippen LogP contribution in [-0.4, -0.2) is 23.2 Å². The molecule has 19 heavy (non-hydrogen) atoms. The first-order valence-corrected chi connectivity index (χ1v) is 5.96. The second-order valence-electron chi connectivity index (χ2n) is 3.63. The fraction of sp³-hybridized carbons (Fsp3) is 0.167. The molecule has 7 heteroatoms. The number of methoxy groups -OCH3 is 1. The van der Waals surface area contributed by atoms with E-state index in [9.17, 15) is 4.79 Å². The van der Waals surface area contributed by atoms with Crippen LogP contribution in [0.5, 0.6) is 0 Å². The molecule has 0 saturated carbocycles. The summed E-state index contributed by atoms with van der Waals surface area (Å²) in [4.78, 5) is 15.1. The van der Waals surface area contributed by atoms with Gasteiger partial charge in [-0.05, 0) is 12.1 Å². The van der Waals surface area contributed by atoms with Gasteiger partial charge in [0, 0.05) is 7.11 Å². The standard InChI is InChI=1S/C12H9Cl2NO4/c1-18-5-8-10(12(16)17)19-11(15-8)6-3-2-4-7(13)9(6)14/h2-4H,5H2,1H3,(H,16,17). The number of aromatic nitrogens is 1. The second kappa shape index (κ2) is 5.61. The highest BCUT2D eigenvalue weighted by atomic mass is 35.5. The molecule has 0 aliphatic rings. The van der Waals surface area contributed by atoms with Crippen LogP contribution < -0.4 is 0 Å². The first-order valence-electron chi connectivity index (χ1n) is 5.21. The van der Waals surface area contributed by atoms with Gasteiger partial charge in [0.15, 0.2) is 0 Å². The number of benzene rings is 1. The van der Waals surface area contributed by atoms with E-state index >= 15 is 0 Å². The van der Waals surface area contributed by atoms with Crippen LogP contribution in [0.25, 0.3) is 11.5 Å². The monoisotopic (exact) mass is 301 g/mol. The predicted molar refractivity (Wildman–Crippen MR) is 69.6 cm³/mol. The predicted octanol–water partition coefficient (Wildman–Crippen LogP) is 3.49. The molecule has 0 amide bonds. The molecule has 1 aromatic carbocycles. The summed E-state index contributed by atoms with van der Waals surface area (Å²) < 4.78 is 10.1. The van der Waals surface area contributed by atoms with Crippen LogP contribution in [0.4, 0.5) is 0 Å². The van der Waals surface area contributed by atoms with E-state index in [-0.39, 0.29) is 29.0 Å². The van der Waals surface area contributed by atoms with Gasteiger partial charge in [0.25, 0.3) is 0 Å². The van der Waals surface area contributed by atoms with Crippen LogP contribution in [0.2, 0.25) is 10.0 Å². The highest BCUT2D eigenvalue weighted by Crippen LogP contribution is 2.33. The molecule has 2 rings (SSSR count). The van der Waals surface area contributed by atoms with Gasteiger partial charge in [0.1, 0.15) is 5.69 Å². The lowest BCUT2D eigenvalue weighted by Gasteiger charge is -2.00. The van der Waals surface area contributed by atoms with E-state index in [0.717, 1.165) is 0 Å². The molecule has 1 heterocycles. The number of carboxylic acids is 1. The molecule has 1 N–H and O–H groups in total. The molecule has 0 spiro atoms. The van der Waals surface area contributed by atoms with E-state index in [1.54, 1.807) is 18.2 Å². The smallest absolute Gasteiger partial charge is 0.373 e. The average molecular weight is 302 g/mol. The molecule has 0 aliphatic carbocycles. The molecule has 0 fully saturated rings. The Morgan fingerprint density at radius 1 is 1.47 bits per heavy atom. The van der Waals surface area contributed by atoms with E-state index < -0.39 is 5.97 Å². The molecular formula is C12H9Cl2NO4. The van der Waals surface area contributed by atoms with Gasteiger partial charge in [0.05, 0.1) is 22.2 Å². The van der Waals surface area contributed by atoms with Gasteiger partial charge in [-0.3, -0.25) is 0 Å². The van der Waals surface area contributed by atoms with Gasteiger partial charge in [0.2, 0.25) is 11.7 Å². The minimum atomic E-state index is -1.22. The maximum absolute atomic E-state index is 11.0. The van der Waals surface area contributed by atoms with Gasteiger partial charge in [-0.15, -0.1) is 0 Å². The number of aromatic carboxylic acids is 1. The number of hydrogen-bond acceptors (Lipinski definition) is 4. The summed E-state index contributed by atoms with van der Waals surface area (Å²) in [6.07, 6.45) is 0. The number of hydrogen-bond donors (Lipinski definition) is 1. The third-order valence-electron chi connectivity index (χ3n) is 2.35. The van der Waals surface area contributed by atoms with Crippen molar-refractivity contribution >= 4 is 29.2 Å². The molecule has 0 unspecified atom stereocenters. The third-order valence-corrected chi connectivity index (χ3v) is 3.17. The highest BCUT2D eigenvalue weighted by molar-refractivity contribution is 6.43. The van der Waals surface area contributed by atoms with E-state index in [4.69, 9.17) is 37.5 Å². The van der Waals surface area contributed by atoms with Crippen molar-refractivity contribution < 1.29 is 19.1 Å². The van der Waals surface area contributed by atoms with Gasteiger partial charge < -0.3 is 14.3 Å². The lowest BCUT2D eigenvalue weighted by Crippen LogP contribution is -2.00. The first-order chi connectivity index (χ1) is 9.04. The van der Waals surface area contributed by atoms with Crippen LogP contribution in [-0.2, 0) is 11.3 Å². The van der Waals surface area contributed by atoms with Crippen LogP contribution in [0.3, 0.4) is 0 Å². The highest BCUT2D eigenvalue weighted by Gasteiger charge is 2.21. The van der Waals surface area contributed by atoms with E-state index in [1.807, 2.05) is 0 Å². The van der Waals surface area contributed by atoms with Crippen LogP contribution in [0.1, 0.15) is 16.2 Å². The summed E-state index contributed by atoms with van der Waals surface area (Å²) >= 11 is 11.9. The molecule has 0 saturated heterocycles. The van der Waals surface area contributed by atoms with Gasteiger partial charge in [-0.2, -0.15) is 0 Å². The SMILES string of the molecule is COCc1nc(-c2cccc(Cl)c2Cl)oc1C(=O)O. The summed E-state index contributed by atoms with van der Waals surface area (Å²) in [6.45, 7) is 0.0311. The summed E-state index contributed by atoms with van der Waals surface area (Å²) in [7, 11) is 1.44. The molecular weight excluding hydrogens is 293 g/mol. The molecule has 5 nitrogen and oxygen atoms in total. The number of ether oxygens (including phenoxy) is 1. The minimum Gasteiger partial charge on any atom is -0.475 e. The van der Waals surface area contributed by atoms with Crippen molar-refractivity contribution in [3.05, 3.63) is 39.7 Å². The zero-order chi connectivity index (χ0) is 14.0. The molecule has 0 atom stereocenters. The Kier molecular flexibility index (Phi) is 4.09. The Morgan fingerprint density at radius 3 is 2.84 bits per heavy atom. The Hall–Kier alpha value is -1.56. The van der Waals surface area contributed by atoms with Crippen LogP contribution >= 0.6 is 23.2 Å². The van der Waals surface area contributed by atoms with Crippen molar-refractivity contribution in [3.8, 4) is 11.5 Å². The second-order valence-corrected chi connectivity index (χ2v) is 4.42. The van der Waals surface area contributed by atoms with Crippen molar-refractivity contribution in [1.82, 2.24) is 4.98 Å². The molecule has 0 bridgehead atoms. The van der Waals surface area contributed by atoms with Gasteiger partial charge in [-0.1, -0.05) is 29.3 Å². The average Bonchev–Trinajstić information content (AvgIpc) is 2.77. The van der Waals surface area contributed by atoms with E-state index in [2.05, 4.69) is 4.98 Å². The number of carboxylic acid groups (broad SMARTS) is 1. The minimum absolute atomic E-state index is 0.0311. The fourth-order valence-electron chi connectivity index (χ4n) is 1.54. The number of nitrogens with zero attached hydrogens (tertiary/aromatic N) is 1. The summed E-state index contributed by atoms with van der Waals surface area (Å²) in [5.74, 6) is -1.39. The molecule has 0 aliphatic heterocycles. The molecule has 2 aromatic rings. The maximum atomic E-state index is 11.0. The Labute approximate surface area is 118 Å². The quantitative estimate of drug-likeness (QED) is 0.936. The Balaban J connectivity index is 2.54. The zero-order valence-corrected chi connectivity index (χ0v) is 11.3. The molecule has 1 aromatic heterocycles. The third kappa shape index (κ3) is 2.73. The maximum Gasteiger partial charge on any atom is 0.373 e. The van der Waals surface area contributed by atoms with E-state index in [0.29, 0.717) is 10.6 Å². The lowest BCUT2D eigenvalue weighted by atomic mass is 10.2. The number of rotatable bonds is 4. The summed E-state index contributed by atoms with van der Waals surface area (Å²) in [5, 5.41) is 9.62. The van der Waals surface area contributed by atoms with Crippen molar-refractivity contribution in [3.63, 3.8) is 0 Å². The van der Waals surface area contributed by atoms with Gasteiger partial charge in [-0.25, -0.2) is 9.78 Å². The summed E-state index contributed by atoms with van der Waals surface area (Å²) in [5.41, 5.74) is 0.625. The summed E-state index contributed by atoms with van der Waals surface area (Å²) in [6, 6.07) is 4.93. The van der Waals surface area contributed by atoms with Crippen molar-refractivity contribution in [2.24, 2.45) is 0 Å². The number of oxazole rings is 1. The number of carbonyl (C=O) groups is 1. The van der Waals surface area contributed by atoms with Crippen molar-refractivity contribution in [2.45, 2.75) is 6.61 Å². The Bertz CT molecular complexity index is 624. The first kappa shape index (κ1) is 13.9. The van der Waals surface area contributed by atoms with Crippen LogP contribution in [0.15, 0.2) is 22.6 Å². The normalized spacial score (nSPS) is 10.7. The Morgan fingerprint density at radius 2 is 2.21 bits per heavy atom. The fourth-order valence-corrected chi connectivity index (χ4v) is 1.92. The lowest BCUT2D eigenvalue weighted by molar-refractivity contribution is 0.0656. The number of halogens is 2. The molecule has 0 radical (unpaired) electrons. The molecule has 100 valence electrons.